The van der Waals surface area contributed by atoms with Crippen LogP contribution in [-0.4, -0.2) is 5.33 Å². The van der Waals surface area contributed by atoms with Gasteiger partial charge < -0.3 is 0 Å². The molecule has 60 valence electrons. The number of hydrogen-bond acceptors (Lipinski definition) is 0. The van der Waals surface area contributed by atoms with E-state index in [-0.39, 0.29) is 5.41 Å². The van der Waals surface area contributed by atoms with Crippen molar-refractivity contribution in [3.63, 3.8) is 0 Å². The van der Waals surface area contributed by atoms with Crippen LogP contribution in [0.1, 0.15) is 6.42 Å². The zero-order chi connectivity index (χ0) is 8.32. The summed E-state index contributed by atoms with van der Waals surface area (Å²) in [6, 6.07) is 0. The normalized spacial score (nSPS) is 29.8. The Hall–Kier alpha value is -0.0100. The van der Waals surface area contributed by atoms with Crippen LogP contribution in [0.5, 0.6) is 0 Å². The van der Waals surface area contributed by atoms with Crippen LogP contribution in [0.15, 0.2) is 35.9 Å². The minimum Gasteiger partial charge on any atom is -0.102 e. The molecule has 2 heteroatoms. The van der Waals surface area contributed by atoms with E-state index in [4.69, 9.17) is 11.6 Å². The SMILES string of the molecule is C=CC1(CBr)C=CC(Cl)=CC1. The zero-order valence-electron chi connectivity index (χ0n) is 6.19. The maximum Gasteiger partial charge on any atom is 0.0363 e. The van der Waals surface area contributed by atoms with E-state index >= 15 is 0 Å². The lowest BCUT2D eigenvalue weighted by atomic mass is 9.84. The van der Waals surface area contributed by atoms with Gasteiger partial charge in [0.1, 0.15) is 0 Å². The number of hydrogen-bond donors (Lipinski definition) is 0. The van der Waals surface area contributed by atoms with Gasteiger partial charge in [0, 0.05) is 15.8 Å². The largest absolute Gasteiger partial charge is 0.102 e. The summed E-state index contributed by atoms with van der Waals surface area (Å²) in [4.78, 5) is 0. The van der Waals surface area contributed by atoms with Crippen molar-refractivity contribution in [1.82, 2.24) is 0 Å². The lowest BCUT2D eigenvalue weighted by Crippen LogP contribution is -2.17. The fourth-order valence-corrected chi connectivity index (χ4v) is 1.76. The van der Waals surface area contributed by atoms with Crippen LogP contribution in [0, 0.1) is 5.41 Å². The first-order chi connectivity index (χ1) is 5.22. The van der Waals surface area contributed by atoms with E-state index in [1.807, 2.05) is 18.2 Å². The first kappa shape index (κ1) is 9.08. The Balaban J connectivity index is 2.79. The predicted octanol–water partition coefficient (Wildman–Crippen LogP) is 3.64. The molecule has 0 aromatic rings. The molecule has 0 N–H and O–H groups in total. The van der Waals surface area contributed by atoms with Gasteiger partial charge in [0.25, 0.3) is 0 Å². The van der Waals surface area contributed by atoms with E-state index in [2.05, 4.69) is 28.6 Å². The highest BCUT2D eigenvalue weighted by atomic mass is 79.9. The third-order valence-corrected chi connectivity index (χ3v) is 3.23. The molecule has 1 atom stereocenters. The van der Waals surface area contributed by atoms with Crippen LogP contribution in [-0.2, 0) is 0 Å². The first-order valence-corrected chi connectivity index (χ1v) is 4.97. The van der Waals surface area contributed by atoms with Crippen LogP contribution in [0.3, 0.4) is 0 Å². The van der Waals surface area contributed by atoms with Gasteiger partial charge in [0.2, 0.25) is 0 Å². The van der Waals surface area contributed by atoms with Crippen molar-refractivity contribution >= 4 is 27.5 Å². The van der Waals surface area contributed by atoms with Crippen molar-refractivity contribution in [2.75, 3.05) is 5.33 Å². The lowest BCUT2D eigenvalue weighted by molar-refractivity contribution is 0.573. The Kier molecular flexibility index (Phi) is 2.97. The third kappa shape index (κ3) is 1.97. The standard InChI is InChI=1S/C9H10BrCl/c1-2-9(7-10)5-3-8(11)4-6-9/h2-5H,1,6-7H2. The van der Waals surface area contributed by atoms with Gasteiger partial charge in [-0.15, -0.1) is 6.58 Å². The fourth-order valence-electron chi connectivity index (χ4n) is 0.974. The molecule has 0 aromatic carbocycles. The Bertz CT molecular complexity index is 218. The molecule has 0 fully saturated rings. The summed E-state index contributed by atoms with van der Waals surface area (Å²) in [5.74, 6) is 0. The van der Waals surface area contributed by atoms with Crippen molar-refractivity contribution in [2.45, 2.75) is 6.42 Å². The Labute approximate surface area is 80.8 Å². The van der Waals surface area contributed by atoms with Crippen LogP contribution in [0.4, 0.5) is 0 Å². The molecule has 0 amide bonds. The summed E-state index contributed by atoms with van der Waals surface area (Å²) in [5.41, 5.74) is 0.0817. The smallest absolute Gasteiger partial charge is 0.0363 e. The molecule has 1 aliphatic carbocycles. The average molecular weight is 234 g/mol. The summed E-state index contributed by atoms with van der Waals surface area (Å²) in [6.45, 7) is 3.80. The Morgan fingerprint density at radius 3 is 2.91 bits per heavy atom. The fraction of sp³-hybridized carbons (Fsp3) is 0.333. The van der Waals surface area contributed by atoms with E-state index in [0.29, 0.717) is 0 Å². The molecule has 0 saturated carbocycles. The van der Waals surface area contributed by atoms with Crippen LogP contribution < -0.4 is 0 Å². The summed E-state index contributed by atoms with van der Waals surface area (Å²) in [7, 11) is 0. The monoisotopic (exact) mass is 232 g/mol. The number of allylic oxidation sites excluding steroid dienone is 5. The van der Waals surface area contributed by atoms with Gasteiger partial charge in [0.15, 0.2) is 0 Å². The summed E-state index contributed by atoms with van der Waals surface area (Å²) in [5, 5.41) is 1.73. The highest BCUT2D eigenvalue weighted by Gasteiger charge is 2.22. The van der Waals surface area contributed by atoms with Gasteiger partial charge in [-0.3, -0.25) is 0 Å². The highest BCUT2D eigenvalue weighted by Crippen LogP contribution is 2.33. The van der Waals surface area contributed by atoms with E-state index in [0.717, 1.165) is 16.8 Å². The Morgan fingerprint density at radius 2 is 2.55 bits per heavy atom. The van der Waals surface area contributed by atoms with Crippen LogP contribution >= 0.6 is 27.5 Å². The highest BCUT2D eigenvalue weighted by molar-refractivity contribution is 9.09. The molecular formula is C9H10BrCl. The molecule has 0 radical (unpaired) electrons. The van der Waals surface area contributed by atoms with Gasteiger partial charge in [-0.2, -0.15) is 0 Å². The molecule has 0 aromatic heterocycles. The molecule has 1 aliphatic rings. The molecule has 1 rings (SSSR count). The van der Waals surface area contributed by atoms with Gasteiger partial charge >= 0.3 is 0 Å². The topological polar surface area (TPSA) is 0 Å². The van der Waals surface area contributed by atoms with Gasteiger partial charge in [-0.05, 0) is 12.5 Å². The maximum atomic E-state index is 5.78. The van der Waals surface area contributed by atoms with Gasteiger partial charge in [0.05, 0.1) is 0 Å². The van der Waals surface area contributed by atoms with Crippen molar-refractivity contribution in [3.05, 3.63) is 35.9 Å². The van der Waals surface area contributed by atoms with Gasteiger partial charge in [-0.1, -0.05) is 45.8 Å². The number of halogens is 2. The molecule has 0 saturated heterocycles. The van der Waals surface area contributed by atoms with E-state index in [9.17, 15) is 0 Å². The first-order valence-electron chi connectivity index (χ1n) is 3.47. The van der Waals surface area contributed by atoms with Crippen molar-refractivity contribution in [3.8, 4) is 0 Å². The zero-order valence-corrected chi connectivity index (χ0v) is 8.53. The maximum absolute atomic E-state index is 5.78. The second-order valence-electron chi connectivity index (χ2n) is 2.70. The molecule has 0 nitrogen and oxygen atoms in total. The van der Waals surface area contributed by atoms with Crippen LogP contribution in [0.2, 0.25) is 0 Å². The summed E-state index contributed by atoms with van der Waals surface area (Å²) < 4.78 is 0. The second kappa shape index (κ2) is 3.59. The van der Waals surface area contributed by atoms with Crippen molar-refractivity contribution < 1.29 is 0 Å². The predicted molar refractivity (Wildman–Crippen MR) is 54.1 cm³/mol. The van der Waals surface area contributed by atoms with Crippen molar-refractivity contribution in [1.29, 1.82) is 0 Å². The molecule has 0 aliphatic heterocycles. The molecule has 0 heterocycles. The Morgan fingerprint density at radius 1 is 1.82 bits per heavy atom. The van der Waals surface area contributed by atoms with Crippen molar-refractivity contribution in [2.24, 2.45) is 5.41 Å². The average Bonchev–Trinajstić information content (AvgIpc) is 2.07. The third-order valence-electron chi connectivity index (χ3n) is 1.91. The second-order valence-corrected chi connectivity index (χ2v) is 3.69. The molecular weight excluding hydrogens is 223 g/mol. The van der Waals surface area contributed by atoms with Crippen LogP contribution in [0.25, 0.3) is 0 Å². The number of rotatable bonds is 2. The van der Waals surface area contributed by atoms with E-state index < -0.39 is 0 Å². The quantitative estimate of drug-likeness (QED) is 0.505. The molecule has 0 bridgehead atoms. The van der Waals surface area contributed by atoms with E-state index in [1.165, 1.54) is 0 Å². The summed E-state index contributed by atoms with van der Waals surface area (Å²) >= 11 is 9.24. The van der Waals surface area contributed by atoms with E-state index in [1.54, 1.807) is 0 Å². The molecule has 1 unspecified atom stereocenters. The number of alkyl halides is 1. The minimum atomic E-state index is 0.0817. The summed E-state index contributed by atoms with van der Waals surface area (Å²) in [6.07, 6.45) is 8.94. The van der Waals surface area contributed by atoms with Gasteiger partial charge in [-0.25, -0.2) is 0 Å². The minimum absolute atomic E-state index is 0.0817. The molecule has 11 heavy (non-hydrogen) atoms. The molecule has 0 spiro atoms. The lowest BCUT2D eigenvalue weighted by Gasteiger charge is -2.25.